The van der Waals surface area contributed by atoms with Gasteiger partial charge in [-0.2, -0.15) is 5.10 Å². The number of amides is 1. The highest BCUT2D eigenvalue weighted by molar-refractivity contribution is 6.07. The number of anilines is 1. The van der Waals surface area contributed by atoms with E-state index in [4.69, 9.17) is 20.3 Å². The number of carbonyl (C=O) groups is 1. The number of carbonyl (C=O) groups excluding carboxylic acids is 1. The topological polar surface area (TPSA) is 113 Å². The number of piperidine rings is 1. The van der Waals surface area contributed by atoms with Gasteiger partial charge in [0.25, 0.3) is 0 Å². The van der Waals surface area contributed by atoms with E-state index in [1.54, 1.807) is 7.11 Å². The number of fused-ring (bicyclic) bond motifs is 1. The smallest absolute Gasteiger partial charge is 0.245 e. The van der Waals surface area contributed by atoms with E-state index in [0.717, 1.165) is 46.3 Å². The second kappa shape index (κ2) is 10.8. The molecular weight excluding hydrogens is 518 g/mol. The fourth-order valence-corrected chi connectivity index (χ4v) is 5.56. The third kappa shape index (κ3) is 4.77. The van der Waals surface area contributed by atoms with Crippen LogP contribution in [0.5, 0.6) is 17.2 Å². The molecule has 10 heteroatoms. The first-order chi connectivity index (χ1) is 20.0. The van der Waals surface area contributed by atoms with E-state index < -0.39 is 0 Å². The highest BCUT2D eigenvalue weighted by atomic mass is 16.5. The normalized spacial score (nSPS) is 13.9. The van der Waals surface area contributed by atoms with Crippen molar-refractivity contribution in [2.45, 2.75) is 18.9 Å². The number of hydrogen-bond acceptors (Lipinski definition) is 7. The zero-order valence-electron chi connectivity index (χ0n) is 23.0. The Morgan fingerprint density at radius 1 is 1.07 bits per heavy atom. The number of aromatic nitrogens is 5. The van der Waals surface area contributed by atoms with Crippen LogP contribution in [0.4, 0.5) is 5.82 Å². The highest BCUT2D eigenvalue weighted by Gasteiger charge is 2.26. The predicted molar refractivity (Wildman–Crippen MR) is 158 cm³/mol. The number of methoxy groups -OCH3 is 1. The van der Waals surface area contributed by atoms with Crippen LogP contribution in [-0.4, -0.2) is 55.3 Å². The van der Waals surface area contributed by atoms with Crippen molar-refractivity contribution in [2.24, 2.45) is 7.05 Å². The Morgan fingerprint density at radius 3 is 2.59 bits per heavy atom. The summed E-state index contributed by atoms with van der Waals surface area (Å²) < 4.78 is 15.9. The number of hydrogen-bond donors (Lipinski definition) is 1. The third-order valence-corrected chi connectivity index (χ3v) is 7.62. The Hall–Kier alpha value is -5.12. The number of nitrogens with zero attached hydrogens (tertiary/aromatic N) is 6. The number of nitrogen functional groups attached to an aromatic ring is 1. The van der Waals surface area contributed by atoms with E-state index in [2.05, 4.69) is 22.7 Å². The van der Waals surface area contributed by atoms with Crippen LogP contribution in [0.25, 0.3) is 33.4 Å². The van der Waals surface area contributed by atoms with E-state index in [1.165, 1.54) is 12.4 Å². The number of likely N-dealkylation sites (tertiary alicyclic amines) is 1. The van der Waals surface area contributed by atoms with E-state index in [9.17, 15) is 4.79 Å². The van der Waals surface area contributed by atoms with Crippen LogP contribution in [0.1, 0.15) is 18.9 Å². The Balaban J connectivity index is 1.41. The molecule has 0 spiro atoms. The lowest BCUT2D eigenvalue weighted by atomic mass is 9.99. The lowest BCUT2D eigenvalue weighted by Crippen LogP contribution is -2.38. The molecule has 0 radical (unpaired) electrons. The molecule has 4 heterocycles. The van der Waals surface area contributed by atoms with Crippen LogP contribution in [0.2, 0.25) is 0 Å². The molecule has 2 aromatic carbocycles. The van der Waals surface area contributed by atoms with E-state index in [0.29, 0.717) is 36.2 Å². The Kier molecular flexibility index (Phi) is 6.88. The van der Waals surface area contributed by atoms with Gasteiger partial charge in [0.2, 0.25) is 5.91 Å². The van der Waals surface area contributed by atoms with Crippen LogP contribution >= 0.6 is 0 Å². The lowest BCUT2D eigenvalue weighted by molar-refractivity contribution is -0.127. The minimum Gasteiger partial charge on any atom is -0.493 e. The quantitative estimate of drug-likeness (QED) is 0.277. The van der Waals surface area contributed by atoms with Crippen molar-refractivity contribution < 1.29 is 14.3 Å². The van der Waals surface area contributed by atoms with Gasteiger partial charge in [0.05, 0.1) is 30.4 Å². The maximum absolute atomic E-state index is 12.0. The van der Waals surface area contributed by atoms with Gasteiger partial charge in [-0.25, -0.2) is 9.97 Å². The molecule has 41 heavy (non-hydrogen) atoms. The first-order valence-corrected chi connectivity index (χ1v) is 13.4. The van der Waals surface area contributed by atoms with Gasteiger partial charge in [-0.15, -0.1) is 0 Å². The van der Waals surface area contributed by atoms with Gasteiger partial charge in [0.1, 0.15) is 23.5 Å². The van der Waals surface area contributed by atoms with Gasteiger partial charge in [-0.3, -0.25) is 9.48 Å². The molecule has 0 saturated carbocycles. The zero-order valence-corrected chi connectivity index (χ0v) is 23.0. The van der Waals surface area contributed by atoms with Gasteiger partial charge in [-0.1, -0.05) is 30.8 Å². The average molecular weight is 550 g/mol. The van der Waals surface area contributed by atoms with Gasteiger partial charge in [-0.05, 0) is 48.7 Å². The largest absolute Gasteiger partial charge is 0.493 e. The van der Waals surface area contributed by atoms with E-state index in [-0.39, 0.29) is 11.9 Å². The summed E-state index contributed by atoms with van der Waals surface area (Å²) in [6.45, 7) is 4.95. The van der Waals surface area contributed by atoms with Gasteiger partial charge < -0.3 is 24.7 Å². The summed E-state index contributed by atoms with van der Waals surface area (Å²) >= 11 is 0. The molecule has 0 aliphatic carbocycles. The molecule has 1 amide bonds. The average Bonchev–Trinajstić information content (AvgIpc) is 3.61. The summed E-state index contributed by atoms with van der Waals surface area (Å²) in [4.78, 5) is 22.7. The summed E-state index contributed by atoms with van der Waals surface area (Å²) in [5.74, 6) is 2.26. The molecule has 10 nitrogen and oxygen atoms in total. The minimum absolute atomic E-state index is 0.0286. The third-order valence-electron chi connectivity index (χ3n) is 7.62. The number of ether oxygens (including phenoxy) is 2. The van der Waals surface area contributed by atoms with Crippen molar-refractivity contribution >= 4 is 22.8 Å². The lowest BCUT2D eigenvalue weighted by Gasteiger charge is -2.31. The van der Waals surface area contributed by atoms with Crippen molar-refractivity contribution in [3.63, 3.8) is 0 Å². The second-order valence-electron chi connectivity index (χ2n) is 9.99. The Morgan fingerprint density at radius 2 is 1.85 bits per heavy atom. The number of aryl methyl sites for hydroxylation is 1. The molecule has 1 saturated heterocycles. The van der Waals surface area contributed by atoms with Crippen LogP contribution in [0, 0.1) is 0 Å². The van der Waals surface area contributed by atoms with Gasteiger partial charge >= 0.3 is 0 Å². The summed E-state index contributed by atoms with van der Waals surface area (Å²) in [7, 11) is 3.59. The zero-order chi connectivity index (χ0) is 28.5. The van der Waals surface area contributed by atoms with Crippen LogP contribution < -0.4 is 15.2 Å². The summed E-state index contributed by atoms with van der Waals surface area (Å²) in [6.07, 6.45) is 8.42. The molecule has 0 unspecified atom stereocenters. The SMILES string of the molecule is C=CC(=O)N1CCC(n2cc(-c3c(-c4ccc(Oc5ccccc5)c(OC)c4)c4c(N)ncnc4n3C)cn2)CC1. The van der Waals surface area contributed by atoms with Crippen molar-refractivity contribution in [1.29, 1.82) is 0 Å². The van der Waals surface area contributed by atoms with Crippen molar-refractivity contribution in [2.75, 3.05) is 25.9 Å². The van der Waals surface area contributed by atoms with Crippen LogP contribution in [0.15, 0.2) is 79.9 Å². The fraction of sp³-hybridized carbons (Fsp3) is 0.226. The molecule has 3 aromatic heterocycles. The second-order valence-corrected chi connectivity index (χ2v) is 9.99. The summed E-state index contributed by atoms with van der Waals surface area (Å²) in [5.41, 5.74) is 10.8. The van der Waals surface area contributed by atoms with Crippen LogP contribution in [-0.2, 0) is 11.8 Å². The van der Waals surface area contributed by atoms with Gasteiger partial charge in [0.15, 0.2) is 11.5 Å². The maximum Gasteiger partial charge on any atom is 0.245 e. The number of benzene rings is 2. The minimum atomic E-state index is -0.0286. The Bertz CT molecular complexity index is 1730. The summed E-state index contributed by atoms with van der Waals surface area (Å²) in [6, 6.07) is 15.6. The molecule has 2 N–H and O–H groups in total. The molecular formula is C31H31N7O3. The molecule has 5 aromatic rings. The molecule has 6 rings (SSSR count). The maximum atomic E-state index is 12.0. The summed E-state index contributed by atoms with van der Waals surface area (Å²) in [5, 5.41) is 5.49. The first kappa shape index (κ1) is 26.1. The predicted octanol–water partition coefficient (Wildman–Crippen LogP) is 5.23. The first-order valence-electron chi connectivity index (χ1n) is 13.4. The number of nitrogens with two attached hydrogens (primary N) is 1. The van der Waals surface area contributed by atoms with Crippen molar-refractivity contribution in [3.05, 3.63) is 79.9 Å². The molecule has 0 atom stereocenters. The van der Waals surface area contributed by atoms with Crippen molar-refractivity contribution in [3.8, 4) is 39.6 Å². The van der Waals surface area contributed by atoms with Crippen molar-refractivity contribution in [1.82, 2.24) is 29.2 Å². The number of para-hydroxylation sites is 1. The molecule has 1 fully saturated rings. The van der Waals surface area contributed by atoms with E-state index in [1.807, 2.05) is 75.9 Å². The molecule has 208 valence electrons. The molecule has 1 aliphatic rings. The monoisotopic (exact) mass is 549 g/mol. The fourth-order valence-electron chi connectivity index (χ4n) is 5.56. The van der Waals surface area contributed by atoms with Crippen LogP contribution in [0.3, 0.4) is 0 Å². The molecule has 0 bridgehead atoms. The van der Waals surface area contributed by atoms with E-state index >= 15 is 0 Å². The van der Waals surface area contributed by atoms with Gasteiger partial charge in [0, 0.05) is 37.5 Å². The highest BCUT2D eigenvalue weighted by Crippen LogP contribution is 2.44. The Labute approximate surface area is 237 Å². The number of rotatable bonds is 7. The standard InChI is InChI=1S/C31H31N7O3/c1-4-26(39)37-14-12-22(13-15-37)38-18-21(17-35-38)29-27(28-30(32)33-19-34-31(28)36(29)2)20-10-11-24(25(16-20)40-3)41-23-8-6-5-7-9-23/h4-11,16-19,22H,1,12-15H2,2-3H3,(H2,32,33,34). The molecule has 1 aliphatic heterocycles.